The van der Waals surface area contributed by atoms with Crippen LogP contribution in [0.3, 0.4) is 0 Å². The summed E-state index contributed by atoms with van der Waals surface area (Å²) in [5.74, 6) is -0.675. The first-order chi connectivity index (χ1) is 13.8. The van der Waals surface area contributed by atoms with Crippen LogP contribution >= 0.6 is 0 Å². The molecule has 2 aliphatic heterocycles. The number of amides is 2. The average molecular weight is 399 g/mol. The van der Waals surface area contributed by atoms with Crippen LogP contribution in [0.4, 0.5) is 0 Å². The molecule has 2 aromatic rings. The number of pyridine rings is 1. The highest BCUT2D eigenvalue weighted by Crippen LogP contribution is 2.48. The molecule has 9 nitrogen and oxygen atoms in total. The van der Waals surface area contributed by atoms with Gasteiger partial charge in [-0.3, -0.25) is 14.4 Å². The van der Waals surface area contributed by atoms with Crippen LogP contribution in [0.1, 0.15) is 37.5 Å². The molecule has 0 saturated carbocycles. The number of phenols is 1. The van der Waals surface area contributed by atoms with Crippen LogP contribution in [0.2, 0.25) is 0 Å². The van der Waals surface area contributed by atoms with Crippen molar-refractivity contribution in [3.63, 3.8) is 0 Å². The first-order valence-electron chi connectivity index (χ1n) is 9.17. The molecule has 2 N–H and O–H groups in total. The van der Waals surface area contributed by atoms with Gasteiger partial charge in [-0.1, -0.05) is 0 Å². The highest BCUT2D eigenvalue weighted by molar-refractivity contribution is 6.01. The number of rotatable bonds is 3. The smallest absolute Gasteiger partial charge is 0.263 e. The number of likely N-dealkylation sites (N-methyl/N-ethyl adjacent to an activating group) is 1. The zero-order valence-electron chi connectivity index (χ0n) is 16.4. The lowest BCUT2D eigenvalue weighted by molar-refractivity contribution is 0.0776. The number of ether oxygens (including phenoxy) is 2. The minimum atomic E-state index is -0.528. The maximum atomic E-state index is 12.6. The van der Waals surface area contributed by atoms with Gasteiger partial charge in [-0.05, 0) is 31.0 Å². The van der Waals surface area contributed by atoms with E-state index in [1.54, 1.807) is 27.1 Å². The zero-order chi connectivity index (χ0) is 20.9. The van der Waals surface area contributed by atoms with Crippen molar-refractivity contribution >= 4 is 11.8 Å². The van der Waals surface area contributed by atoms with Crippen LogP contribution in [-0.2, 0) is 20.0 Å². The van der Waals surface area contributed by atoms with E-state index in [-0.39, 0.29) is 41.9 Å². The lowest BCUT2D eigenvalue weighted by atomic mass is 9.91. The molecule has 2 aliphatic rings. The molecule has 1 aromatic heterocycles. The number of phenolic OH excluding ortho intramolecular Hbond substituents is 1. The summed E-state index contributed by atoms with van der Waals surface area (Å²) < 4.78 is 12.3. The number of hydrogen-bond donors (Lipinski definition) is 2. The van der Waals surface area contributed by atoms with Gasteiger partial charge in [-0.25, -0.2) is 0 Å². The quantitative estimate of drug-likeness (QED) is 0.786. The first kappa shape index (κ1) is 18.9. The van der Waals surface area contributed by atoms with Gasteiger partial charge in [0.05, 0.1) is 5.56 Å². The summed E-state index contributed by atoms with van der Waals surface area (Å²) in [5.41, 5.74) is 1.73. The molecule has 0 saturated heterocycles. The molecule has 0 spiro atoms. The van der Waals surface area contributed by atoms with Crippen molar-refractivity contribution in [2.24, 2.45) is 7.05 Å². The Morgan fingerprint density at radius 1 is 1.21 bits per heavy atom. The summed E-state index contributed by atoms with van der Waals surface area (Å²) in [6, 6.07) is 3.18. The molecule has 29 heavy (non-hydrogen) atoms. The molecular formula is C20H21N3O6. The molecule has 4 rings (SSSR count). The van der Waals surface area contributed by atoms with Gasteiger partial charge in [0.25, 0.3) is 17.4 Å². The Morgan fingerprint density at radius 3 is 2.69 bits per heavy atom. The van der Waals surface area contributed by atoms with Gasteiger partial charge < -0.3 is 29.4 Å². The van der Waals surface area contributed by atoms with Crippen LogP contribution in [0.5, 0.6) is 17.2 Å². The molecule has 3 heterocycles. The summed E-state index contributed by atoms with van der Waals surface area (Å²) >= 11 is 0. The van der Waals surface area contributed by atoms with E-state index in [9.17, 15) is 19.5 Å². The Balaban J connectivity index is 1.71. The van der Waals surface area contributed by atoms with Crippen molar-refractivity contribution in [1.82, 2.24) is 14.8 Å². The van der Waals surface area contributed by atoms with Crippen molar-refractivity contribution in [2.75, 3.05) is 20.4 Å². The molecule has 0 fully saturated rings. The third-order valence-corrected chi connectivity index (χ3v) is 5.49. The Bertz CT molecular complexity index is 1100. The third kappa shape index (κ3) is 2.89. The normalized spacial score (nSPS) is 14.7. The van der Waals surface area contributed by atoms with Crippen molar-refractivity contribution in [3.8, 4) is 17.2 Å². The zero-order valence-corrected chi connectivity index (χ0v) is 16.4. The van der Waals surface area contributed by atoms with Gasteiger partial charge in [0.15, 0.2) is 11.5 Å². The molecule has 0 unspecified atom stereocenters. The standard InChI is InChI=1S/C20H21N3O6/c1-10-4-5-12(19(26)23(10)3)18(25)21-8-13-11-6-7-22(2)20(27)14(11)15(24)17-16(13)28-9-29-17/h4-5,24H,6-9H2,1-3H3,(H,21,25). The van der Waals surface area contributed by atoms with Crippen molar-refractivity contribution in [2.45, 2.75) is 19.9 Å². The Labute approximate surface area is 166 Å². The minimum Gasteiger partial charge on any atom is -0.504 e. The average Bonchev–Trinajstić information content (AvgIpc) is 3.18. The number of nitrogens with one attached hydrogen (secondary N) is 1. The van der Waals surface area contributed by atoms with Crippen molar-refractivity contribution < 1.29 is 24.2 Å². The van der Waals surface area contributed by atoms with Crippen LogP contribution < -0.4 is 20.3 Å². The molecule has 0 radical (unpaired) electrons. The van der Waals surface area contributed by atoms with Gasteiger partial charge in [0, 0.05) is 38.4 Å². The number of nitrogens with zero attached hydrogens (tertiary/aromatic N) is 2. The fourth-order valence-electron chi connectivity index (χ4n) is 3.65. The second-order valence-corrected chi connectivity index (χ2v) is 7.16. The monoisotopic (exact) mass is 399 g/mol. The second-order valence-electron chi connectivity index (χ2n) is 7.16. The van der Waals surface area contributed by atoms with Crippen molar-refractivity contribution in [1.29, 1.82) is 0 Å². The van der Waals surface area contributed by atoms with E-state index in [4.69, 9.17) is 9.47 Å². The molecule has 0 aliphatic carbocycles. The fourth-order valence-corrected chi connectivity index (χ4v) is 3.65. The van der Waals surface area contributed by atoms with E-state index in [1.807, 2.05) is 0 Å². The molecule has 0 atom stereocenters. The van der Waals surface area contributed by atoms with Gasteiger partial charge in [-0.2, -0.15) is 0 Å². The number of aromatic hydroxyl groups is 1. The summed E-state index contributed by atoms with van der Waals surface area (Å²) in [7, 11) is 3.26. The van der Waals surface area contributed by atoms with E-state index in [1.165, 1.54) is 15.5 Å². The fraction of sp³-hybridized carbons (Fsp3) is 0.350. The Morgan fingerprint density at radius 2 is 1.93 bits per heavy atom. The van der Waals surface area contributed by atoms with Crippen LogP contribution in [0, 0.1) is 6.92 Å². The largest absolute Gasteiger partial charge is 0.504 e. The maximum absolute atomic E-state index is 12.6. The van der Waals surface area contributed by atoms with E-state index >= 15 is 0 Å². The van der Waals surface area contributed by atoms with E-state index in [0.29, 0.717) is 29.8 Å². The predicted molar refractivity (Wildman–Crippen MR) is 102 cm³/mol. The topological polar surface area (TPSA) is 110 Å². The summed E-state index contributed by atoms with van der Waals surface area (Å²) in [4.78, 5) is 39.1. The van der Waals surface area contributed by atoms with E-state index < -0.39 is 11.5 Å². The second kappa shape index (κ2) is 6.84. The van der Waals surface area contributed by atoms with Gasteiger partial charge in [-0.15, -0.1) is 0 Å². The SMILES string of the molecule is Cc1ccc(C(=O)NCc2c3c(c(O)c4c2OCO4)C(=O)N(C)CC3)c(=O)n1C. The molecular weight excluding hydrogens is 378 g/mol. The number of hydrogen-bond acceptors (Lipinski definition) is 6. The summed E-state index contributed by atoms with van der Waals surface area (Å²) in [6.07, 6.45) is 0.499. The molecule has 2 amide bonds. The lowest BCUT2D eigenvalue weighted by Crippen LogP contribution is -2.36. The number of aryl methyl sites for hydroxylation is 1. The highest BCUT2D eigenvalue weighted by Gasteiger charge is 2.35. The third-order valence-electron chi connectivity index (χ3n) is 5.49. The van der Waals surface area contributed by atoms with Gasteiger partial charge in [0.2, 0.25) is 12.5 Å². The van der Waals surface area contributed by atoms with Crippen LogP contribution in [-0.4, -0.2) is 46.8 Å². The number of fused-ring (bicyclic) bond motifs is 2. The molecule has 9 heteroatoms. The highest BCUT2D eigenvalue weighted by atomic mass is 16.7. The molecule has 0 bridgehead atoms. The minimum absolute atomic E-state index is 0.0235. The molecule has 152 valence electrons. The summed E-state index contributed by atoms with van der Waals surface area (Å²) in [6.45, 7) is 2.20. The van der Waals surface area contributed by atoms with E-state index in [0.717, 1.165) is 5.69 Å². The van der Waals surface area contributed by atoms with Crippen molar-refractivity contribution in [3.05, 3.63) is 50.4 Å². The van der Waals surface area contributed by atoms with Crippen LogP contribution in [0.25, 0.3) is 0 Å². The first-order valence-corrected chi connectivity index (χ1v) is 9.17. The Kier molecular flexibility index (Phi) is 4.45. The maximum Gasteiger partial charge on any atom is 0.263 e. The Hall–Kier alpha value is -3.49. The number of aromatic nitrogens is 1. The summed E-state index contributed by atoms with van der Waals surface area (Å²) in [5, 5.41) is 13.3. The molecule has 1 aromatic carbocycles. The number of carbonyl (C=O) groups is 2. The predicted octanol–water partition coefficient (Wildman–Crippen LogP) is 0.686. The lowest BCUT2D eigenvalue weighted by Gasteiger charge is -2.28. The van der Waals surface area contributed by atoms with Crippen LogP contribution in [0.15, 0.2) is 16.9 Å². The van der Waals surface area contributed by atoms with Gasteiger partial charge in [0.1, 0.15) is 5.56 Å². The number of benzene rings is 1. The van der Waals surface area contributed by atoms with E-state index in [2.05, 4.69) is 5.32 Å². The van der Waals surface area contributed by atoms with Gasteiger partial charge >= 0.3 is 0 Å². The number of carbonyl (C=O) groups excluding carboxylic acids is 2.